The van der Waals surface area contributed by atoms with Crippen LogP contribution in [0.2, 0.25) is 5.02 Å². The Kier molecular flexibility index (Phi) is 4.17. The molecule has 4 aliphatic carbocycles. The van der Waals surface area contributed by atoms with E-state index in [1.54, 1.807) is 30.7 Å². The summed E-state index contributed by atoms with van der Waals surface area (Å²) in [5.41, 5.74) is 1.17. The first-order valence-corrected chi connectivity index (χ1v) is 10.3. The topological polar surface area (TPSA) is 54.9 Å². The van der Waals surface area contributed by atoms with Gasteiger partial charge in [0.1, 0.15) is 5.69 Å². The standard InChI is InChI=1S/C23H22ClN3O/c24-19-3-1-2-18(9-19)21(28)27-23-12-16-8-17(13-23)11-22(10-16,15-23)5-4-20-14-25-6-7-26-20/h1-3,6-7,9,14,16-17H,8,10-13,15H2,(H,27,28). The fraction of sp³-hybridized carbons (Fsp3) is 0.435. The van der Waals surface area contributed by atoms with Gasteiger partial charge in [0.2, 0.25) is 0 Å². The van der Waals surface area contributed by atoms with E-state index in [1.807, 2.05) is 12.1 Å². The van der Waals surface area contributed by atoms with Crippen LogP contribution in [0.25, 0.3) is 0 Å². The van der Waals surface area contributed by atoms with Gasteiger partial charge in [0.15, 0.2) is 0 Å². The summed E-state index contributed by atoms with van der Waals surface area (Å²) in [5.74, 6) is 8.07. The van der Waals surface area contributed by atoms with Crippen molar-refractivity contribution in [3.8, 4) is 11.8 Å². The van der Waals surface area contributed by atoms with Gasteiger partial charge in [0.25, 0.3) is 5.91 Å². The molecule has 5 heteroatoms. The van der Waals surface area contributed by atoms with Crippen LogP contribution in [0.3, 0.4) is 0 Å². The van der Waals surface area contributed by atoms with E-state index in [2.05, 4.69) is 27.1 Å². The number of benzene rings is 1. The first-order valence-electron chi connectivity index (χ1n) is 9.91. The molecule has 6 rings (SSSR count). The molecule has 4 saturated carbocycles. The summed E-state index contributed by atoms with van der Waals surface area (Å²) >= 11 is 6.08. The molecule has 1 N–H and O–H groups in total. The number of hydrogen-bond donors (Lipinski definition) is 1. The lowest BCUT2D eigenvalue weighted by molar-refractivity contribution is -0.0484. The lowest BCUT2D eigenvalue weighted by Crippen LogP contribution is -2.62. The maximum atomic E-state index is 12.9. The van der Waals surface area contributed by atoms with E-state index in [9.17, 15) is 4.79 Å². The molecule has 0 saturated heterocycles. The summed E-state index contributed by atoms with van der Waals surface area (Å²) in [6.07, 6.45) is 11.6. The number of carbonyl (C=O) groups is 1. The summed E-state index contributed by atoms with van der Waals surface area (Å²) in [6.45, 7) is 0. The van der Waals surface area contributed by atoms with Crippen LogP contribution in [0.4, 0.5) is 0 Å². The lowest BCUT2D eigenvalue weighted by Gasteiger charge is -2.60. The highest BCUT2D eigenvalue weighted by atomic mass is 35.5. The lowest BCUT2D eigenvalue weighted by atomic mass is 9.47. The number of nitrogens with zero attached hydrogens (tertiary/aromatic N) is 2. The first kappa shape index (κ1) is 17.7. The van der Waals surface area contributed by atoms with E-state index in [-0.39, 0.29) is 16.9 Å². The summed E-state index contributed by atoms with van der Waals surface area (Å²) in [7, 11) is 0. The second-order valence-corrected chi connectivity index (χ2v) is 9.26. The van der Waals surface area contributed by atoms with Crippen molar-refractivity contribution in [3.63, 3.8) is 0 Å². The number of rotatable bonds is 2. The molecule has 1 amide bonds. The van der Waals surface area contributed by atoms with Crippen molar-refractivity contribution in [2.75, 3.05) is 0 Å². The minimum absolute atomic E-state index is 0.0246. The van der Waals surface area contributed by atoms with Gasteiger partial charge in [-0.2, -0.15) is 0 Å². The molecule has 4 fully saturated rings. The molecule has 142 valence electrons. The Bertz CT molecular complexity index is 964. The molecule has 2 aromatic rings. The molecule has 1 heterocycles. The number of carbonyl (C=O) groups excluding carboxylic acids is 1. The summed E-state index contributed by atoms with van der Waals surface area (Å²) in [6, 6.07) is 7.18. The third kappa shape index (κ3) is 3.29. The molecule has 0 aliphatic heterocycles. The van der Waals surface area contributed by atoms with Gasteiger partial charge in [0, 0.05) is 33.9 Å². The van der Waals surface area contributed by atoms with E-state index in [0.29, 0.717) is 22.4 Å². The van der Waals surface area contributed by atoms with E-state index in [4.69, 9.17) is 11.6 Å². The summed E-state index contributed by atoms with van der Waals surface area (Å²) < 4.78 is 0. The highest BCUT2D eigenvalue weighted by Gasteiger charge is 2.57. The van der Waals surface area contributed by atoms with Crippen molar-refractivity contribution in [1.82, 2.24) is 15.3 Å². The molecule has 4 nitrogen and oxygen atoms in total. The number of aromatic nitrogens is 2. The molecule has 28 heavy (non-hydrogen) atoms. The maximum Gasteiger partial charge on any atom is 0.251 e. The molecule has 4 aliphatic rings. The van der Waals surface area contributed by atoms with E-state index in [0.717, 1.165) is 37.8 Å². The fourth-order valence-corrected chi connectivity index (χ4v) is 6.25. The average molecular weight is 392 g/mol. The van der Waals surface area contributed by atoms with Gasteiger partial charge in [-0.05, 0) is 74.5 Å². The average Bonchev–Trinajstić information content (AvgIpc) is 2.66. The zero-order valence-corrected chi connectivity index (χ0v) is 16.4. The zero-order valence-electron chi connectivity index (χ0n) is 15.6. The van der Waals surface area contributed by atoms with Crippen molar-refractivity contribution in [3.05, 3.63) is 59.1 Å². The predicted octanol–water partition coefficient (Wildman–Crippen LogP) is 4.25. The summed E-state index contributed by atoms with van der Waals surface area (Å²) in [4.78, 5) is 21.3. The highest BCUT2D eigenvalue weighted by Crippen LogP contribution is 2.61. The van der Waals surface area contributed by atoms with Gasteiger partial charge in [0.05, 0.1) is 6.20 Å². The quantitative estimate of drug-likeness (QED) is 0.778. The van der Waals surface area contributed by atoms with Gasteiger partial charge in [-0.1, -0.05) is 23.6 Å². The van der Waals surface area contributed by atoms with E-state index >= 15 is 0 Å². The smallest absolute Gasteiger partial charge is 0.251 e. The van der Waals surface area contributed by atoms with Crippen LogP contribution in [-0.2, 0) is 0 Å². The Hall–Kier alpha value is -2.38. The minimum atomic E-state index is -0.152. The van der Waals surface area contributed by atoms with Crippen LogP contribution in [0, 0.1) is 29.1 Å². The first-order chi connectivity index (χ1) is 13.5. The van der Waals surface area contributed by atoms with E-state index < -0.39 is 0 Å². The second kappa shape index (κ2) is 6.60. The third-order valence-electron chi connectivity index (χ3n) is 6.55. The van der Waals surface area contributed by atoms with Gasteiger partial charge in [-0.3, -0.25) is 9.78 Å². The number of amides is 1. The Morgan fingerprint density at radius 2 is 2.00 bits per heavy atom. The van der Waals surface area contributed by atoms with Crippen LogP contribution in [-0.4, -0.2) is 21.4 Å². The Morgan fingerprint density at radius 1 is 1.18 bits per heavy atom. The van der Waals surface area contributed by atoms with Crippen LogP contribution >= 0.6 is 11.6 Å². The molecule has 0 radical (unpaired) electrons. The van der Waals surface area contributed by atoms with Crippen LogP contribution in [0.5, 0.6) is 0 Å². The number of hydrogen-bond acceptors (Lipinski definition) is 3. The van der Waals surface area contributed by atoms with Crippen molar-refractivity contribution < 1.29 is 4.79 Å². The Balaban J connectivity index is 1.42. The normalized spacial score (nSPS) is 32.5. The molecule has 1 aromatic carbocycles. The largest absolute Gasteiger partial charge is 0.347 e. The molecule has 2 atom stereocenters. The highest BCUT2D eigenvalue weighted by molar-refractivity contribution is 6.30. The van der Waals surface area contributed by atoms with Gasteiger partial charge in [-0.15, -0.1) is 0 Å². The van der Waals surface area contributed by atoms with Gasteiger partial charge in [-0.25, -0.2) is 4.98 Å². The van der Waals surface area contributed by atoms with Crippen LogP contribution < -0.4 is 5.32 Å². The Morgan fingerprint density at radius 3 is 2.71 bits per heavy atom. The van der Waals surface area contributed by atoms with Crippen molar-refractivity contribution in [1.29, 1.82) is 0 Å². The van der Waals surface area contributed by atoms with Crippen molar-refractivity contribution in [2.24, 2.45) is 17.3 Å². The third-order valence-corrected chi connectivity index (χ3v) is 6.78. The molecule has 4 bridgehead atoms. The van der Waals surface area contributed by atoms with Crippen molar-refractivity contribution >= 4 is 17.5 Å². The maximum absolute atomic E-state index is 12.9. The molecular formula is C23H22ClN3O. The number of halogens is 1. The predicted molar refractivity (Wildman–Crippen MR) is 108 cm³/mol. The van der Waals surface area contributed by atoms with E-state index in [1.165, 1.54) is 6.42 Å². The molecule has 1 aromatic heterocycles. The zero-order chi connectivity index (χ0) is 19.2. The molecule has 2 unspecified atom stereocenters. The Labute approximate surface area is 170 Å². The minimum Gasteiger partial charge on any atom is -0.347 e. The van der Waals surface area contributed by atoms with Gasteiger partial charge < -0.3 is 5.32 Å². The molecule has 0 spiro atoms. The van der Waals surface area contributed by atoms with Crippen molar-refractivity contribution in [2.45, 2.75) is 44.1 Å². The fourth-order valence-electron chi connectivity index (χ4n) is 6.06. The van der Waals surface area contributed by atoms with Crippen LogP contribution in [0.1, 0.15) is 54.6 Å². The SMILES string of the molecule is O=C(NC12CC3CC(CC(C#Cc4cnccn4)(C3)C1)C2)c1cccc(Cl)c1. The van der Waals surface area contributed by atoms with Gasteiger partial charge >= 0.3 is 0 Å². The number of nitrogens with one attached hydrogen (secondary N) is 1. The second-order valence-electron chi connectivity index (χ2n) is 8.83. The van der Waals surface area contributed by atoms with Crippen LogP contribution in [0.15, 0.2) is 42.9 Å². The monoisotopic (exact) mass is 391 g/mol. The molecular weight excluding hydrogens is 370 g/mol. The summed E-state index contributed by atoms with van der Waals surface area (Å²) in [5, 5.41) is 3.99.